The lowest BCUT2D eigenvalue weighted by Crippen LogP contribution is -2.40. The van der Waals surface area contributed by atoms with E-state index in [1.54, 1.807) is 13.8 Å². The zero-order valence-electron chi connectivity index (χ0n) is 26.0. The minimum atomic E-state index is -0.931. The SMILES string of the molecule is C=C(C)C(=O)OCC1CCC(OC(=O)C(C)CC(CC(C)(CC(CC)c2ccccc2)c2ccccc2)C(=O)O)C(O)C1. The van der Waals surface area contributed by atoms with E-state index in [2.05, 4.69) is 44.7 Å². The molecule has 3 rings (SSSR count). The van der Waals surface area contributed by atoms with E-state index in [1.165, 1.54) is 5.56 Å². The van der Waals surface area contributed by atoms with Gasteiger partial charge in [-0.3, -0.25) is 9.59 Å². The fourth-order valence-electron chi connectivity index (χ4n) is 6.34. The van der Waals surface area contributed by atoms with Crippen LogP contribution < -0.4 is 0 Å². The lowest BCUT2D eigenvalue weighted by Gasteiger charge is -2.37. The Morgan fingerprint density at radius 2 is 1.65 bits per heavy atom. The van der Waals surface area contributed by atoms with Gasteiger partial charge in [0, 0.05) is 5.57 Å². The summed E-state index contributed by atoms with van der Waals surface area (Å²) in [5, 5.41) is 21.0. The molecule has 2 aromatic carbocycles. The normalized spacial score (nSPS) is 21.9. The van der Waals surface area contributed by atoms with E-state index >= 15 is 0 Å². The van der Waals surface area contributed by atoms with Crippen LogP contribution in [0.25, 0.3) is 0 Å². The van der Waals surface area contributed by atoms with Crippen LogP contribution >= 0.6 is 0 Å². The molecule has 2 aromatic rings. The van der Waals surface area contributed by atoms with Gasteiger partial charge in [-0.1, -0.05) is 88.0 Å². The zero-order chi connectivity index (χ0) is 31.6. The maximum absolute atomic E-state index is 13.1. The molecule has 7 nitrogen and oxygen atoms in total. The smallest absolute Gasteiger partial charge is 0.333 e. The van der Waals surface area contributed by atoms with E-state index in [9.17, 15) is 24.6 Å². The number of aliphatic hydroxyl groups excluding tert-OH is 1. The molecule has 0 aromatic heterocycles. The van der Waals surface area contributed by atoms with Crippen LogP contribution in [0.15, 0.2) is 72.8 Å². The second-order valence-corrected chi connectivity index (χ2v) is 12.6. The van der Waals surface area contributed by atoms with Crippen LogP contribution in [0.2, 0.25) is 0 Å². The summed E-state index contributed by atoms with van der Waals surface area (Å²) >= 11 is 0. The van der Waals surface area contributed by atoms with Gasteiger partial charge in [0.15, 0.2) is 0 Å². The van der Waals surface area contributed by atoms with Crippen molar-refractivity contribution in [3.05, 3.63) is 83.9 Å². The molecule has 2 N–H and O–H groups in total. The summed E-state index contributed by atoms with van der Waals surface area (Å²) in [5.74, 6) is -3.08. The number of ether oxygens (including phenoxy) is 2. The van der Waals surface area contributed by atoms with Gasteiger partial charge >= 0.3 is 17.9 Å². The number of aliphatic hydroxyl groups is 1. The Bertz CT molecular complexity index is 1210. The highest BCUT2D eigenvalue weighted by Gasteiger charge is 2.38. The van der Waals surface area contributed by atoms with Crippen molar-refractivity contribution < 1.29 is 34.1 Å². The lowest BCUT2D eigenvalue weighted by molar-refractivity contribution is -0.165. The Hall–Kier alpha value is -3.45. The first-order valence-corrected chi connectivity index (χ1v) is 15.5. The highest BCUT2D eigenvalue weighted by molar-refractivity contribution is 5.86. The molecule has 7 heteroatoms. The molecule has 1 fully saturated rings. The van der Waals surface area contributed by atoms with Crippen LogP contribution in [-0.4, -0.2) is 46.9 Å². The highest BCUT2D eigenvalue weighted by Crippen LogP contribution is 2.42. The van der Waals surface area contributed by atoms with Gasteiger partial charge in [-0.15, -0.1) is 0 Å². The van der Waals surface area contributed by atoms with Crippen molar-refractivity contribution >= 4 is 17.9 Å². The van der Waals surface area contributed by atoms with Crippen LogP contribution in [0.1, 0.15) is 89.7 Å². The molecule has 0 spiro atoms. The molecule has 0 heterocycles. The topological polar surface area (TPSA) is 110 Å². The van der Waals surface area contributed by atoms with Crippen LogP contribution in [0.4, 0.5) is 0 Å². The fraction of sp³-hybridized carbons (Fsp3) is 0.528. The highest BCUT2D eigenvalue weighted by atomic mass is 16.6. The molecule has 1 saturated carbocycles. The Labute approximate surface area is 256 Å². The van der Waals surface area contributed by atoms with Crippen molar-refractivity contribution in [2.45, 2.75) is 96.2 Å². The van der Waals surface area contributed by atoms with E-state index < -0.39 is 47.4 Å². The largest absolute Gasteiger partial charge is 0.481 e. The first-order chi connectivity index (χ1) is 20.4. The van der Waals surface area contributed by atoms with Gasteiger partial charge < -0.3 is 19.7 Å². The van der Waals surface area contributed by atoms with Crippen LogP contribution in [-0.2, 0) is 29.3 Å². The molecule has 0 amide bonds. The molecule has 0 saturated heterocycles. The van der Waals surface area contributed by atoms with E-state index in [4.69, 9.17) is 9.47 Å². The molecule has 0 bridgehead atoms. The molecule has 234 valence electrons. The van der Waals surface area contributed by atoms with Crippen molar-refractivity contribution in [2.75, 3.05) is 6.61 Å². The molecule has 7 unspecified atom stereocenters. The Balaban J connectivity index is 1.66. The number of aliphatic carboxylic acids is 1. The molecule has 0 radical (unpaired) electrons. The summed E-state index contributed by atoms with van der Waals surface area (Å²) < 4.78 is 10.9. The quantitative estimate of drug-likeness (QED) is 0.172. The third-order valence-corrected chi connectivity index (χ3v) is 8.95. The Morgan fingerprint density at radius 3 is 2.21 bits per heavy atom. The van der Waals surface area contributed by atoms with Crippen molar-refractivity contribution in [2.24, 2.45) is 17.8 Å². The van der Waals surface area contributed by atoms with E-state index in [-0.39, 0.29) is 24.9 Å². The van der Waals surface area contributed by atoms with E-state index in [1.807, 2.05) is 36.4 Å². The first kappa shape index (κ1) is 34.0. The van der Waals surface area contributed by atoms with Crippen LogP contribution in [0.3, 0.4) is 0 Å². The maximum Gasteiger partial charge on any atom is 0.333 e. The van der Waals surface area contributed by atoms with Crippen molar-refractivity contribution in [3.63, 3.8) is 0 Å². The molecule has 43 heavy (non-hydrogen) atoms. The van der Waals surface area contributed by atoms with Gasteiger partial charge in [0.05, 0.1) is 24.5 Å². The van der Waals surface area contributed by atoms with Crippen LogP contribution in [0, 0.1) is 17.8 Å². The minimum absolute atomic E-state index is 0.0273. The second kappa shape index (κ2) is 15.9. The third-order valence-electron chi connectivity index (χ3n) is 8.95. The number of benzene rings is 2. The van der Waals surface area contributed by atoms with Gasteiger partial charge in [0.25, 0.3) is 0 Å². The number of carboxylic acid groups (broad SMARTS) is 1. The number of carbonyl (C=O) groups excluding carboxylic acids is 2. The van der Waals surface area contributed by atoms with Gasteiger partial charge in [-0.2, -0.15) is 0 Å². The van der Waals surface area contributed by atoms with Crippen molar-refractivity contribution in [3.8, 4) is 0 Å². The van der Waals surface area contributed by atoms with Crippen molar-refractivity contribution in [1.82, 2.24) is 0 Å². The zero-order valence-corrected chi connectivity index (χ0v) is 26.0. The molecule has 0 aliphatic heterocycles. The third kappa shape index (κ3) is 9.78. The number of esters is 2. The molecular weight excluding hydrogens is 544 g/mol. The Kier molecular flexibility index (Phi) is 12.6. The second-order valence-electron chi connectivity index (χ2n) is 12.6. The number of carbonyl (C=O) groups is 3. The molecule has 1 aliphatic rings. The Morgan fingerprint density at radius 1 is 1.02 bits per heavy atom. The average molecular weight is 593 g/mol. The summed E-state index contributed by atoms with van der Waals surface area (Å²) in [6.45, 7) is 11.3. The van der Waals surface area contributed by atoms with Gasteiger partial charge in [0.2, 0.25) is 0 Å². The molecule has 1 aliphatic carbocycles. The minimum Gasteiger partial charge on any atom is -0.481 e. The maximum atomic E-state index is 13.1. The van der Waals surface area contributed by atoms with E-state index in [0.717, 1.165) is 18.4 Å². The predicted octanol–water partition coefficient (Wildman–Crippen LogP) is 6.84. The van der Waals surface area contributed by atoms with Gasteiger partial charge in [0.1, 0.15) is 6.10 Å². The standard InChI is InChI=1S/C36H48O7/c1-6-27(28-13-9-7-10-14-28)21-36(5,30-15-11-8-12-16-30)22-29(33(38)39)19-25(4)35(41)43-32-18-17-26(20-31(32)37)23-42-34(40)24(2)3/h7-16,25-27,29,31-32,37H,2,6,17-23H2,1,3-5H3,(H,38,39). The number of hydrogen-bond acceptors (Lipinski definition) is 6. The van der Waals surface area contributed by atoms with E-state index in [0.29, 0.717) is 31.3 Å². The van der Waals surface area contributed by atoms with Crippen molar-refractivity contribution in [1.29, 1.82) is 0 Å². The number of rotatable bonds is 15. The first-order valence-electron chi connectivity index (χ1n) is 15.5. The summed E-state index contributed by atoms with van der Waals surface area (Å²) in [5.41, 5.74) is 2.20. The summed E-state index contributed by atoms with van der Waals surface area (Å²) in [6.07, 6.45) is 2.11. The summed E-state index contributed by atoms with van der Waals surface area (Å²) in [7, 11) is 0. The fourth-order valence-corrected chi connectivity index (χ4v) is 6.34. The molecular formula is C36H48O7. The van der Waals surface area contributed by atoms with Gasteiger partial charge in [-0.25, -0.2) is 4.79 Å². The lowest BCUT2D eigenvalue weighted by atomic mass is 9.67. The monoisotopic (exact) mass is 592 g/mol. The van der Waals surface area contributed by atoms with Gasteiger partial charge in [-0.05, 0) is 80.2 Å². The number of hydrogen-bond donors (Lipinski definition) is 2. The average Bonchev–Trinajstić information content (AvgIpc) is 3.00. The molecule has 7 atom stereocenters. The van der Waals surface area contributed by atoms with Crippen LogP contribution in [0.5, 0.6) is 0 Å². The summed E-state index contributed by atoms with van der Waals surface area (Å²) in [6, 6.07) is 20.4. The predicted molar refractivity (Wildman–Crippen MR) is 166 cm³/mol. The number of carboxylic acids is 1. The summed E-state index contributed by atoms with van der Waals surface area (Å²) in [4.78, 5) is 37.4.